The second-order valence-corrected chi connectivity index (χ2v) is 9.81. The van der Waals surface area contributed by atoms with E-state index in [4.69, 9.17) is 20.8 Å². The monoisotopic (exact) mass is 539 g/mol. The summed E-state index contributed by atoms with van der Waals surface area (Å²) in [5, 5.41) is 5.86. The zero-order chi connectivity index (χ0) is 26.8. The average molecular weight is 540 g/mol. The first-order chi connectivity index (χ1) is 18.3. The van der Waals surface area contributed by atoms with Crippen LogP contribution in [0.5, 0.6) is 0 Å². The second-order valence-electron chi connectivity index (χ2n) is 9.37. The minimum absolute atomic E-state index is 0.102. The zero-order valence-electron chi connectivity index (χ0n) is 20.7. The van der Waals surface area contributed by atoms with Crippen LogP contribution in [0.4, 0.5) is 11.5 Å². The number of ether oxygens (including phenoxy) is 1. The van der Waals surface area contributed by atoms with Crippen LogP contribution in [0.2, 0.25) is 5.02 Å². The molecule has 0 aromatic carbocycles. The number of rotatable bonds is 6. The number of nitrogens with one attached hydrogen (secondary N) is 2. The molecule has 2 aliphatic rings. The third-order valence-electron chi connectivity index (χ3n) is 6.99. The van der Waals surface area contributed by atoms with Gasteiger partial charge in [-0.1, -0.05) is 11.6 Å². The normalized spacial score (nSPS) is 19.4. The number of aromatic nitrogens is 2. The largest absolute Gasteiger partial charge is 0.465 e. The van der Waals surface area contributed by atoms with Crippen LogP contribution in [0.15, 0.2) is 35.0 Å². The van der Waals surface area contributed by atoms with Crippen LogP contribution < -0.4 is 10.6 Å². The number of methoxy groups -OCH3 is 1. The van der Waals surface area contributed by atoms with Crippen LogP contribution >= 0.6 is 11.6 Å². The molecule has 0 atom stereocenters. The summed E-state index contributed by atoms with van der Waals surface area (Å²) in [4.78, 5) is 60.8. The van der Waals surface area contributed by atoms with Gasteiger partial charge in [0.25, 0.3) is 5.91 Å². The average Bonchev–Trinajstić information content (AvgIpc) is 3.52. The highest BCUT2D eigenvalue weighted by atomic mass is 35.5. The van der Waals surface area contributed by atoms with Crippen molar-refractivity contribution < 1.29 is 28.3 Å². The van der Waals surface area contributed by atoms with Crippen molar-refractivity contribution in [2.24, 2.45) is 5.92 Å². The van der Waals surface area contributed by atoms with E-state index in [0.29, 0.717) is 24.3 Å². The molecule has 38 heavy (non-hydrogen) atoms. The molecule has 12 heteroatoms. The highest BCUT2D eigenvalue weighted by Crippen LogP contribution is 2.34. The van der Waals surface area contributed by atoms with Crippen LogP contribution in [-0.4, -0.2) is 58.3 Å². The molecule has 3 amide bonds. The van der Waals surface area contributed by atoms with Gasteiger partial charge in [0.15, 0.2) is 5.58 Å². The molecule has 0 spiro atoms. The quantitative estimate of drug-likeness (QED) is 0.447. The molecular weight excluding hydrogens is 514 g/mol. The summed E-state index contributed by atoms with van der Waals surface area (Å²) in [5.41, 5.74) is 0.586. The van der Waals surface area contributed by atoms with Gasteiger partial charge in [-0.25, -0.2) is 14.8 Å². The number of nitrogens with zero attached hydrogens (tertiary/aromatic N) is 3. The first-order valence-electron chi connectivity index (χ1n) is 12.4. The number of carbonyl (C=O) groups excluding carboxylic acids is 4. The molecule has 4 heterocycles. The number of fused-ring (bicyclic) bond motifs is 1. The van der Waals surface area contributed by atoms with Gasteiger partial charge in [0.1, 0.15) is 17.0 Å². The first kappa shape index (κ1) is 25.7. The van der Waals surface area contributed by atoms with Gasteiger partial charge in [0.05, 0.1) is 17.7 Å². The van der Waals surface area contributed by atoms with Crippen molar-refractivity contribution in [2.45, 2.75) is 44.6 Å². The predicted molar refractivity (Wildman–Crippen MR) is 138 cm³/mol. The van der Waals surface area contributed by atoms with Crippen molar-refractivity contribution in [3.05, 3.63) is 46.9 Å². The van der Waals surface area contributed by atoms with E-state index >= 15 is 0 Å². The Balaban J connectivity index is 1.38. The van der Waals surface area contributed by atoms with Crippen molar-refractivity contribution in [1.82, 2.24) is 14.9 Å². The van der Waals surface area contributed by atoms with E-state index < -0.39 is 11.9 Å². The van der Waals surface area contributed by atoms with Gasteiger partial charge in [0.2, 0.25) is 17.6 Å². The van der Waals surface area contributed by atoms with E-state index in [9.17, 15) is 19.2 Å². The van der Waals surface area contributed by atoms with Crippen molar-refractivity contribution in [2.75, 3.05) is 24.3 Å². The molecule has 3 aromatic heterocycles. The SMILES string of the molecule is COC(=O)c1cnc2c(NC(=O)[C@H]3CC[C@H](N4CCCC4=O)CC3)c(C(=O)Nc3ccc(Cl)cn3)oc2c1. The standard InChI is InChI=1S/C26H26ClN5O6/c1-37-26(36)15-11-18-21(29-12-15)22(23(38-18)25(35)30-19-9-6-16(27)13-28-19)31-24(34)14-4-7-17(8-5-14)32-10-2-3-20(32)33/h6,9,11-14,17H,2-5,7-8,10H2,1H3,(H,31,34)(H,28,30,35)/t14-,17-. The Bertz CT molecular complexity index is 1400. The van der Waals surface area contributed by atoms with E-state index in [1.165, 1.54) is 31.6 Å². The third-order valence-corrected chi connectivity index (χ3v) is 7.21. The predicted octanol–water partition coefficient (Wildman–Crippen LogP) is 4.03. The minimum Gasteiger partial charge on any atom is -0.465 e. The molecule has 3 aromatic rings. The maximum absolute atomic E-state index is 13.3. The lowest BCUT2D eigenvalue weighted by atomic mass is 9.84. The Labute approximate surface area is 222 Å². The Morgan fingerprint density at radius 3 is 2.55 bits per heavy atom. The topological polar surface area (TPSA) is 144 Å². The summed E-state index contributed by atoms with van der Waals surface area (Å²) >= 11 is 5.87. The number of likely N-dealkylation sites (tertiary alicyclic amines) is 1. The summed E-state index contributed by atoms with van der Waals surface area (Å²) in [6.45, 7) is 0.779. The van der Waals surface area contributed by atoms with Crippen molar-refractivity contribution in [1.29, 1.82) is 0 Å². The van der Waals surface area contributed by atoms with Gasteiger partial charge in [-0.2, -0.15) is 0 Å². The lowest BCUT2D eigenvalue weighted by molar-refractivity contribution is -0.130. The fraction of sp³-hybridized carbons (Fsp3) is 0.385. The summed E-state index contributed by atoms with van der Waals surface area (Å²) in [5.74, 6) is -1.61. The Kier molecular flexibility index (Phi) is 7.28. The zero-order valence-corrected chi connectivity index (χ0v) is 21.4. The number of furan rings is 1. The number of amides is 3. The van der Waals surface area contributed by atoms with Crippen molar-refractivity contribution >= 4 is 57.9 Å². The van der Waals surface area contributed by atoms with E-state index in [-0.39, 0.29) is 57.7 Å². The summed E-state index contributed by atoms with van der Waals surface area (Å²) < 4.78 is 10.5. The van der Waals surface area contributed by atoms with Crippen LogP contribution in [0.25, 0.3) is 11.1 Å². The fourth-order valence-electron chi connectivity index (χ4n) is 5.04. The van der Waals surface area contributed by atoms with Crippen LogP contribution in [0.3, 0.4) is 0 Å². The molecule has 2 fully saturated rings. The van der Waals surface area contributed by atoms with Crippen molar-refractivity contribution in [3.63, 3.8) is 0 Å². The lowest BCUT2D eigenvalue weighted by Crippen LogP contribution is -2.40. The number of hydrogen-bond acceptors (Lipinski definition) is 8. The first-order valence-corrected chi connectivity index (χ1v) is 12.8. The van der Waals surface area contributed by atoms with Gasteiger partial charge < -0.3 is 24.7 Å². The molecule has 0 unspecified atom stereocenters. The molecular formula is C26H26ClN5O6. The number of hydrogen-bond donors (Lipinski definition) is 2. The van der Waals surface area contributed by atoms with Crippen LogP contribution in [0.1, 0.15) is 59.4 Å². The Morgan fingerprint density at radius 2 is 1.89 bits per heavy atom. The Hall–Kier alpha value is -3.99. The van der Waals surface area contributed by atoms with Gasteiger partial charge in [0, 0.05) is 37.3 Å². The Morgan fingerprint density at radius 1 is 1.11 bits per heavy atom. The number of halogens is 1. The van der Waals surface area contributed by atoms with Gasteiger partial charge in [-0.15, -0.1) is 0 Å². The second kappa shape index (κ2) is 10.8. The molecule has 11 nitrogen and oxygen atoms in total. The fourth-order valence-corrected chi connectivity index (χ4v) is 5.15. The molecule has 198 valence electrons. The maximum atomic E-state index is 13.3. The minimum atomic E-state index is -0.663. The van der Waals surface area contributed by atoms with Gasteiger partial charge in [-0.05, 0) is 50.3 Å². The highest BCUT2D eigenvalue weighted by Gasteiger charge is 2.34. The van der Waals surface area contributed by atoms with E-state index in [2.05, 4.69) is 20.6 Å². The van der Waals surface area contributed by atoms with E-state index in [0.717, 1.165) is 25.8 Å². The van der Waals surface area contributed by atoms with Crippen LogP contribution in [-0.2, 0) is 14.3 Å². The lowest BCUT2D eigenvalue weighted by Gasteiger charge is -2.34. The van der Waals surface area contributed by atoms with Gasteiger partial charge in [-0.3, -0.25) is 14.4 Å². The molecule has 2 N–H and O–H groups in total. The third kappa shape index (κ3) is 5.19. The number of carbonyl (C=O) groups is 4. The molecule has 5 rings (SSSR count). The summed E-state index contributed by atoms with van der Waals surface area (Å²) in [6, 6.07) is 4.66. The summed E-state index contributed by atoms with van der Waals surface area (Å²) in [7, 11) is 1.24. The molecule has 0 radical (unpaired) electrons. The number of pyridine rings is 2. The highest BCUT2D eigenvalue weighted by molar-refractivity contribution is 6.30. The molecule has 0 bridgehead atoms. The number of esters is 1. The molecule has 1 aliphatic carbocycles. The van der Waals surface area contributed by atoms with E-state index in [1.54, 1.807) is 6.07 Å². The molecule has 1 aliphatic heterocycles. The van der Waals surface area contributed by atoms with Gasteiger partial charge >= 0.3 is 5.97 Å². The molecule has 1 saturated carbocycles. The molecule has 1 saturated heterocycles. The van der Waals surface area contributed by atoms with E-state index in [1.807, 2.05) is 4.90 Å². The smallest absolute Gasteiger partial charge is 0.339 e. The maximum Gasteiger partial charge on any atom is 0.339 e. The van der Waals surface area contributed by atoms with Crippen LogP contribution in [0, 0.1) is 5.92 Å². The van der Waals surface area contributed by atoms with Crippen molar-refractivity contribution in [3.8, 4) is 0 Å². The summed E-state index contributed by atoms with van der Waals surface area (Å²) in [6.07, 6.45) is 6.87. The number of anilines is 2.